The number of fused-ring (bicyclic) bond motifs is 1. The Kier molecular flexibility index (Phi) is 5.25. The number of esters is 1. The van der Waals surface area contributed by atoms with Crippen LogP contribution >= 0.6 is 0 Å². The molecule has 0 spiro atoms. The number of nitrogens with one attached hydrogen (secondary N) is 1. The number of aromatic nitrogens is 3. The van der Waals surface area contributed by atoms with E-state index >= 15 is 0 Å². The molecule has 0 aliphatic heterocycles. The van der Waals surface area contributed by atoms with Gasteiger partial charge in [-0.15, -0.1) is 0 Å². The van der Waals surface area contributed by atoms with Crippen LogP contribution in [0.25, 0.3) is 11.1 Å². The highest BCUT2D eigenvalue weighted by molar-refractivity contribution is 6.00. The number of amides is 1. The molecule has 0 bridgehead atoms. The first-order valence-corrected chi connectivity index (χ1v) is 8.76. The lowest BCUT2D eigenvalue weighted by molar-refractivity contribution is -0.118. The molecule has 0 fully saturated rings. The maximum Gasteiger partial charge on any atom is 0.361 e. The summed E-state index contributed by atoms with van der Waals surface area (Å²) in [5, 5.41) is 6.28. The Hall–Kier alpha value is -3.49. The molecule has 3 aromatic rings. The molecule has 1 unspecified atom stereocenters. The second kappa shape index (κ2) is 7.63. The number of ether oxygens (including phenoxy) is 1. The highest BCUT2D eigenvalue weighted by Gasteiger charge is 2.27. The number of carbonyl (C=O) groups excluding carboxylic acids is 2. The van der Waals surface area contributed by atoms with Gasteiger partial charge in [0.2, 0.25) is 11.6 Å². The summed E-state index contributed by atoms with van der Waals surface area (Å²) in [7, 11) is 0. The molecule has 0 aliphatic carbocycles. The van der Waals surface area contributed by atoms with E-state index in [1.807, 2.05) is 25.1 Å². The maximum atomic E-state index is 13.0. The number of anilines is 1. The molecule has 2 aromatic heterocycles. The standard InChI is InChI=1S/C19H20N4O5/c1-5-27-19(26)15-14-17(28-22-15)20-12(4)23(18(14)25)11(3)16(24)21-13-8-6-7-10(2)9-13/h6-9,11H,5H2,1-4H3,(H,21,24). The van der Waals surface area contributed by atoms with Crippen molar-refractivity contribution < 1.29 is 18.8 Å². The van der Waals surface area contributed by atoms with Crippen molar-refractivity contribution in [3.8, 4) is 0 Å². The molecule has 0 aliphatic rings. The predicted molar refractivity (Wildman–Crippen MR) is 101 cm³/mol. The molecule has 0 saturated carbocycles. The van der Waals surface area contributed by atoms with Gasteiger partial charge in [-0.3, -0.25) is 14.2 Å². The zero-order valence-electron chi connectivity index (χ0n) is 16.0. The van der Waals surface area contributed by atoms with Crippen molar-refractivity contribution in [2.24, 2.45) is 0 Å². The van der Waals surface area contributed by atoms with Gasteiger partial charge < -0.3 is 14.6 Å². The molecule has 146 valence electrons. The van der Waals surface area contributed by atoms with Gasteiger partial charge in [-0.1, -0.05) is 17.3 Å². The minimum absolute atomic E-state index is 0.0758. The number of rotatable bonds is 5. The Morgan fingerprint density at radius 2 is 2.07 bits per heavy atom. The van der Waals surface area contributed by atoms with Crippen LogP contribution in [0.1, 0.15) is 41.8 Å². The molecule has 0 radical (unpaired) electrons. The average Bonchev–Trinajstić information content (AvgIpc) is 3.06. The Bertz CT molecular complexity index is 1120. The summed E-state index contributed by atoms with van der Waals surface area (Å²) in [6.45, 7) is 6.82. The summed E-state index contributed by atoms with van der Waals surface area (Å²) in [6, 6.07) is 6.43. The second-order valence-electron chi connectivity index (χ2n) is 6.30. The van der Waals surface area contributed by atoms with E-state index < -0.39 is 23.5 Å². The van der Waals surface area contributed by atoms with Crippen LogP contribution in [0.5, 0.6) is 0 Å². The van der Waals surface area contributed by atoms with Gasteiger partial charge in [0.25, 0.3) is 11.3 Å². The van der Waals surface area contributed by atoms with Crippen LogP contribution in [-0.4, -0.2) is 33.2 Å². The van der Waals surface area contributed by atoms with Gasteiger partial charge in [-0.25, -0.2) is 4.79 Å². The van der Waals surface area contributed by atoms with Crippen molar-refractivity contribution >= 4 is 28.7 Å². The van der Waals surface area contributed by atoms with Crippen LogP contribution in [0.15, 0.2) is 33.6 Å². The zero-order chi connectivity index (χ0) is 20.4. The average molecular weight is 384 g/mol. The molecular weight excluding hydrogens is 364 g/mol. The van der Waals surface area contributed by atoms with Gasteiger partial charge in [0, 0.05) is 5.69 Å². The molecule has 1 aromatic carbocycles. The van der Waals surface area contributed by atoms with Crippen molar-refractivity contribution in [3.63, 3.8) is 0 Å². The molecule has 1 amide bonds. The van der Waals surface area contributed by atoms with Crippen molar-refractivity contribution in [2.75, 3.05) is 11.9 Å². The topological polar surface area (TPSA) is 116 Å². The lowest BCUT2D eigenvalue weighted by Gasteiger charge is -2.17. The van der Waals surface area contributed by atoms with Crippen molar-refractivity contribution in [1.29, 1.82) is 0 Å². The largest absolute Gasteiger partial charge is 0.461 e. The molecule has 9 heteroatoms. The summed E-state index contributed by atoms with van der Waals surface area (Å²) >= 11 is 0. The second-order valence-corrected chi connectivity index (χ2v) is 6.30. The first-order valence-electron chi connectivity index (χ1n) is 8.76. The van der Waals surface area contributed by atoms with Crippen molar-refractivity contribution in [3.05, 3.63) is 51.7 Å². The van der Waals surface area contributed by atoms with E-state index in [2.05, 4.69) is 15.5 Å². The lowest BCUT2D eigenvalue weighted by Crippen LogP contribution is -2.34. The smallest absolute Gasteiger partial charge is 0.361 e. The third-order valence-corrected chi connectivity index (χ3v) is 4.24. The number of hydrogen-bond acceptors (Lipinski definition) is 7. The van der Waals surface area contributed by atoms with Gasteiger partial charge >= 0.3 is 5.97 Å². The first kappa shape index (κ1) is 19.3. The van der Waals surface area contributed by atoms with E-state index in [0.29, 0.717) is 5.69 Å². The normalized spacial score (nSPS) is 12.0. The Labute approximate surface area is 160 Å². The van der Waals surface area contributed by atoms with Gasteiger partial charge in [0.15, 0.2) is 0 Å². The van der Waals surface area contributed by atoms with Crippen LogP contribution in [0.4, 0.5) is 5.69 Å². The molecule has 28 heavy (non-hydrogen) atoms. The third kappa shape index (κ3) is 3.51. The van der Waals surface area contributed by atoms with Crippen molar-refractivity contribution in [1.82, 2.24) is 14.7 Å². The molecule has 2 heterocycles. The van der Waals surface area contributed by atoms with Gasteiger partial charge in [0.1, 0.15) is 17.3 Å². The Morgan fingerprint density at radius 1 is 1.32 bits per heavy atom. The molecule has 3 rings (SSSR count). The Balaban J connectivity index is 2.01. The SMILES string of the molecule is CCOC(=O)c1noc2nc(C)n(C(C)C(=O)Nc3cccc(C)c3)c(=O)c12. The number of nitrogens with zero attached hydrogens (tertiary/aromatic N) is 3. The maximum absolute atomic E-state index is 13.0. The Morgan fingerprint density at radius 3 is 2.75 bits per heavy atom. The number of benzene rings is 1. The number of hydrogen-bond donors (Lipinski definition) is 1. The van der Waals surface area contributed by atoms with E-state index in [1.54, 1.807) is 26.8 Å². The first-order chi connectivity index (χ1) is 13.3. The van der Waals surface area contributed by atoms with Crippen LogP contribution in [-0.2, 0) is 9.53 Å². The summed E-state index contributed by atoms with van der Waals surface area (Å²) in [4.78, 5) is 41.9. The molecule has 0 saturated heterocycles. The third-order valence-electron chi connectivity index (χ3n) is 4.24. The minimum Gasteiger partial charge on any atom is -0.461 e. The van der Waals surface area contributed by atoms with E-state index in [4.69, 9.17) is 9.26 Å². The van der Waals surface area contributed by atoms with E-state index in [0.717, 1.165) is 5.56 Å². The molecular formula is C19H20N4O5. The molecule has 1 atom stereocenters. The number of aryl methyl sites for hydroxylation is 2. The van der Waals surface area contributed by atoms with Crippen LogP contribution < -0.4 is 10.9 Å². The predicted octanol–water partition coefficient (Wildman–Crippen LogP) is 2.38. The molecule has 9 nitrogen and oxygen atoms in total. The highest BCUT2D eigenvalue weighted by atomic mass is 16.5. The summed E-state index contributed by atoms with van der Waals surface area (Å²) < 4.78 is 11.1. The fraction of sp³-hybridized carbons (Fsp3) is 0.316. The fourth-order valence-corrected chi connectivity index (χ4v) is 2.90. The number of carbonyl (C=O) groups is 2. The van der Waals surface area contributed by atoms with Gasteiger partial charge in [-0.2, -0.15) is 4.98 Å². The monoisotopic (exact) mass is 384 g/mol. The van der Waals surface area contributed by atoms with Crippen molar-refractivity contribution in [2.45, 2.75) is 33.7 Å². The van der Waals surface area contributed by atoms with Crippen LogP contribution in [0, 0.1) is 13.8 Å². The minimum atomic E-state index is -0.880. The summed E-state index contributed by atoms with van der Waals surface area (Å²) in [6.07, 6.45) is 0. The highest BCUT2D eigenvalue weighted by Crippen LogP contribution is 2.18. The van der Waals surface area contributed by atoms with Gasteiger partial charge in [0.05, 0.1) is 6.61 Å². The fourth-order valence-electron chi connectivity index (χ4n) is 2.90. The van der Waals surface area contributed by atoms with Crippen LogP contribution in [0.3, 0.4) is 0 Å². The lowest BCUT2D eigenvalue weighted by atomic mass is 10.2. The van der Waals surface area contributed by atoms with Gasteiger partial charge in [-0.05, 0) is 45.4 Å². The summed E-state index contributed by atoms with van der Waals surface area (Å²) in [5.41, 5.74) is 0.681. The van der Waals surface area contributed by atoms with E-state index in [-0.39, 0.29) is 29.2 Å². The van der Waals surface area contributed by atoms with E-state index in [9.17, 15) is 14.4 Å². The molecule has 1 N–H and O–H groups in total. The quantitative estimate of drug-likeness (QED) is 0.671. The van der Waals surface area contributed by atoms with Crippen LogP contribution in [0.2, 0.25) is 0 Å². The van der Waals surface area contributed by atoms with E-state index in [1.165, 1.54) is 4.57 Å². The summed E-state index contributed by atoms with van der Waals surface area (Å²) in [5.74, 6) is -0.922. The zero-order valence-corrected chi connectivity index (χ0v) is 16.0.